The number of rotatable bonds is 5. The van der Waals surface area contributed by atoms with Gasteiger partial charge in [-0.05, 0) is 26.0 Å². The average molecular weight is 336 g/mol. The fraction of sp³-hybridized carbons (Fsp3) is 0.286. The molecule has 8 heteroatoms. The predicted molar refractivity (Wildman–Crippen MR) is 92.3 cm³/mol. The Morgan fingerprint density at radius 2 is 2.09 bits per heavy atom. The minimum absolute atomic E-state index is 0.283. The van der Waals surface area contributed by atoms with Crippen molar-refractivity contribution < 1.29 is 9.47 Å². The number of azo groups is 1. The van der Waals surface area contributed by atoms with Crippen LogP contribution in [0.5, 0.6) is 11.6 Å². The van der Waals surface area contributed by atoms with Crippen molar-refractivity contribution >= 4 is 40.5 Å². The Bertz CT molecular complexity index is 713. The monoisotopic (exact) mass is 336 g/mol. The van der Waals surface area contributed by atoms with Crippen LogP contribution in [0.25, 0.3) is 0 Å². The molecule has 0 saturated heterocycles. The standard InChI is InChI=1S/C14H16N4O2S2/c1-4-20-13-12(9(2)17-18(13)14(21)22)16-15-10-7-5-6-8-11(10)19-3/h5-8H,4H2,1-3H3,(H,21,22). The molecule has 2 aromatic rings. The van der Waals surface area contributed by atoms with E-state index in [2.05, 4.69) is 28.0 Å². The van der Waals surface area contributed by atoms with Gasteiger partial charge in [0.15, 0.2) is 10.0 Å². The molecule has 0 spiro atoms. The number of para-hydroxylation sites is 1. The summed E-state index contributed by atoms with van der Waals surface area (Å²) in [5.41, 5.74) is 1.79. The summed E-state index contributed by atoms with van der Waals surface area (Å²) in [5.74, 6) is 1.07. The van der Waals surface area contributed by atoms with Crippen molar-refractivity contribution in [2.75, 3.05) is 13.7 Å². The Labute approximate surface area is 139 Å². The molecule has 0 atom stereocenters. The summed E-state index contributed by atoms with van der Waals surface area (Å²) in [5, 5.41) is 12.7. The van der Waals surface area contributed by atoms with E-state index in [1.165, 1.54) is 4.68 Å². The second-order valence-electron chi connectivity index (χ2n) is 4.24. The Kier molecular flexibility index (Phi) is 5.51. The van der Waals surface area contributed by atoms with Gasteiger partial charge in [0.05, 0.1) is 19.4 Å². The van der Waals surface area contributed by atoms with Crippen molar-refractivity contribution in [1.29, 1.82) is 0 Å². The predicted octanol–water partition coefficient (Wildman–Crippen LogP) is 4.08. The van der Waals surface area contributed by atoms with Crippen molar-refractivity contribution in [3.63, 3.8) is 0 Å². The highest BCUT2D eigenvalue weighted by atomic mass is 32.1. The molecule has 0 unspecified atom stereocenters. The smallest absolute Gasteiger partial charge is 0.246 e. The van der Waals surface area contributed by atoms with Crippen LogP contribution in [-0.4, -0.2) is 27.8 Å². The quantitative estimate of drug-likeness (QED) is 0.508. The molecule has 1 aromatic carbocycles. The molecular weight excluding hydrogens is 320 g/mol. The second-order valence-corrected chi connectivity index (χ2v) is 5.35. The van der Waals surface area contributed by atoms with Gasteiger partial charge < -0.3 is 9.47 Å². The molecule has 0 amide bonds. The van der Waals surface area contributed by atoms with Crippen LogP contribution < -0.4 is 9.47 Å². The van der Waals surface area contributed by atoms with Gasteiger partial charge in [-0.3, -0.25) is 0 Å². The zero-order valence-electron chi connectivity index (χ0n) is 12.5. The van der Waals surface area contributed by atoms with Gasteiger partial charge in [0.2, 0.25) is 5.88 Å². The summed E-state index contributed by atoms with van der Waals surface area (Å²) in [4.78, 5) is 0. The number of benzene rings is 1. The van der Waals surface area contributed by atoms with Gasteiger partial charge in [0, 0.05) is 0 Å². The fourth-order valence-corrected chi connectivity index (χ4v) is 2.08. The number of hydrogen-bond acceptors (Lipinski definition) is 6. The lowest BCUT2D eigenvalue weighted by molar-refractivity contribution is 0.321. The third-order valence-corrected chi connectivity index (χ3v) is 3.16. The van der Waals surface area contributed by atoms with E-state index in [0.29, 0.717) is 35.3 Å². The van der Waals surface area contributed by atoms with E-state index >= 15 is 0 Å². The number of methoxy groups -OCH3 is 1. The van der Waals surface area contributed by atoms with Gasteiger partial charge >= 0.3 is 0 Å². The third-order valence-electron chi connectivity index (χ3n) is 2.79. The number of aromatic nitrogens is 2. The van der Waals surface area contributed by atoms with E-state index in [1.807, 2.05) is 38.1 Å². The maximum Gasteiger partial charge on any atom is 0.246 e. The summed E-state index contributed by atoms with van der Waals surface area (Å²) in [6.07, 6.45) is 0. The topological polar surface area (TPSA) is 61.0 Å². The van der Waals surface area contributed by atoms with E-state index < -0.39 is 0 Å². The summed E-state index contributed by atoms with van der Waals surface area (Å²) in [7, 11) is 1.59. The molecule has 0 aliphatic heterocycles. The minimum atomic E-state index is 0.283. The molecule has 116 valence electrons. The number of ether oxygens (including phenoxy) is 2. The number of thiol groups is 1. The zero-order chi connectivity index (χ0) is 16.1. The lowest BCUT2D eigenvalue weighted by atomic mass is 10.3. The van der Waals surface area contributed by atoms with Crippen molar-refractivity contribution in [1.82, 2.24) is 9.78 Å². The van der Waals surface area contributed by atoms with Gasteiger partial charge in [0.25, 0.3) is 0 Å². The van der Waals surface area contributed by atoms with Crippen LogP contribution in [0.3, 0.4) is 0 Å². The summed E-state index contributed by atoms with van der Waals surface area (Å²) < 4.78 is 12.5. The highest BCUT2D eigenvalue weighted by Crippen LogP contribution is 2.35. The van der Waals surface area contributed by atoms with E-state index in [9.17, 15) is 0 Å². The van der Waals surface area contributed by atoms with Crippen LogP contribution in [0.1, 0.15) is 12.6 Å². The van der Waals surface area contributed by atoms with Crippen molar-refractivity contribution in [2.24, 2.45) is 10.2 Å². The first-order valence-corrected chi connectivity index (χ1v) is 7.44. The molecule has 0 aliphatic carbocycles. The van der Waals surface area contributed by atoms with Gasteiger partial charge in [-0.15, -0.1) is 22.9 Å². The van der Waals surface area contributed by atoms with Gasteiger partial charge in [0.1, 0.15) is 11.4 Å². The van der Waals surface area contributed by atoms with Crippen molar-refractivity contribution in [2.45, 2.75) is 13.8 Å². The Morgan fingerprint density at radius 1 is 1.36 bits per heavy atom. The molecular formula is C14H16N4O2S2. The van der Waals surface area contributed by atoms with Crippen LogP contribution in [0.15, 0.2) is 34.5 Å². The van der Waals surface area contributed by atoms with Gasteiger partial charge in [-0.2, -0.15) is 9.78 Å². The van der Waals surface area contributed by atoms with Crippen LogP contribution in [-0.2, 0) is 0 Å². The van der Waals surface area contributed by atoms with Crippen molar-refractivity contribution in [3.05, 3.63) is 30.0 Å². The summed E-state index contributed by atoms with van der Waals surface area (Å²) in [6, 6.07) is 7.36. The number of nitrogens with zero attached hydrogens (tertiary/aromatic N) is 4. The summed E-state index contributed by atoms with van der Waals surface area (Å²) in [6.45, 7) is 4.13. The molecule has 0 bridgehead atoms. The van der Waals surface area contributed by atoms with Gasteiger partial charge in [-0.1, -0.05) is 24.4 Å². The first-order valence-electron chi connectivity index (χ1n) is 6.59. The van der Waals surface area contributed by atoms with E-state index in [0.717, 1.165) is 0 Å². The maximum atomic E-state index is 5.57. The molecule has 0 fully saturated rings. The van der Waals surface area contributed by atoms with Crippen LogP contribution in [0, 0.1) is 6.92 Å². The maximum absolute atomic E-state index is 5.57. The number of thiocarbonyl (C=S) groups is 1. The van der Waals surface area contributed by atoms with E-state index in [4.69, 9.17) is 21.7 Å². The molecule has 1 aromatic heterocycles. The number of hydrogen-bond donors (Lipinski definition) is 1. The van der Waals surface area contributed by atoms with E-state index in [1.54, 1.807) is 7.11 Å². The Morgan fingerprint density at radius 3 is 2.73 bits per heavy atom. The first kappa shape index (κ1) is 16.4. The second kappa shape index (κ2) is 7.37. The largest absolute Gasteiger partial charge is 0.494 e. The molecule has 0 radical (unpaired) electrons. The highest BCUT2D eigenvalue weighted by Gasteiger charge is 2.18. The molecule has 22 heavy (non-hydrogen) atoms. The van der Waals surface area contributed by atoms with Crippen LogP contribution >= 0.6 is 24.8 Å². The normalized spacial score (nSPS) is 10.9. The first-order chi connectivity index (χ1) is 10.6. The van der Waals surface area contributed by atoms with Crippen molar-refractivity contribution in [3.8, 4) is 11.6 Å². The SMILES string of the molecule is CCOc1c(N=Nc2ccccc2OC)c(C)nn1C(=S)S. The fourth-order valence-electron chi connectivity index (χ4n) is 1.83. The molecule has 0 N–H and O–H groups in total. The lowest BCUT2D eigenvalue weighted by Crippen LogP contribution is -2.07. The minimum Gasteiger partial charge on any atom is -0.494 e. The average Bonchev–Trinajstić information content (AvgIpc) is 2.82. The Hall–Kier alpha value is -1.93. The lowest BCUT2D eigenvalue weighted by Gasteiger charge is -2.05. The summed E-state index contributed by atoms with van der Waals surface area (Å²) >= 11 is 9.19. The number of aryl methyl sites for hydroxylation is 1. The third kappa shape index (κ3) is 3.45. The molecule has 0 saturated carbocycles. The Balaban J connectivity index is 2.44. The molecule has 2 rings (SSSR count). The van der Waals surface area contributed by atoms with Gasteiger partial charge in [-0.25, -0.2) is 0 Å². The highest BCUT2D eigenvalue weighted by molar-refractivity contribution is 8.11. The molecule has 6 nitrogen and oxygen atoms in total. The van der Waals surface area contributed by atoms with Crippen LogP contribution in [0.2, 0.25) is 0 Å². The molecule has 0 aliphatic rings. The van der Waals surface area contributed by atoms with Crippen LogP contribution in [0.4, 0.5) is 11.4 Å². The zero-order valence-corrected chi connectivity index (χ0v) is 14.2. The van der Waals surface area contributed by atoms with E-state index in [-0.39, 0.29) is 4.32 Å². The molecule has 1 heterocycles.